The second-order valence-corrected chi connectivity index (χ2v) is 6.86. The molecule has 0 amide bonds. The van der Waals surface area contributed by atoms with E-state index in [2.05, 4.69) is 34.8 Å². The number of alkyl halides is 3. The van der Waals surface area contributed by atoms with Crippen LogP contribution in [-0.2, 0) is 9.53 Å². The van der Waals surface area contributed by atoms with Crippen molar-refractivity contribution in [2.75, 3.05) is 7.11 Å². The van der Waals surface area contributed by atoms with E-state index in [1.807, 2.05) is 6.20 Å². The lowest BCUT2D eigenvalue weighted by Crippen LogP contribution is -2.32. The second kappa shape index (κ2) is 9.88. The van der Waals surface area contributed by atoms with E-state index < -0.39 is 12.3 Å². The van der Waals surface area contributed by atoms with Crippen molar-refractivity contribution in [3.63, 3.8) is 0 Å². The van der Waals surface area contributed by atoms with Crippen molar-refractivity contribution in [1.82, 2.24) is 5.32 Å². The number of nitrogens with one attached hydrogen (secondary N) is 1. The Morgan fingerprint density at radius 1 is 1.29 bits per heavy atom. The Kier molecular flexibility index (Phi) is 7.82. The number of hydrogen-bond acceptors (Lipinski definition) is 5. The molecule has 0 spiro atoms. The average molecular weight is 417 g/mol. The fourth-order valence-corrected chi connectivity index (χ4v) is 3.20. The number of rotatable bonds is 5. The number of carboxylic acid groups (broad SMARTS) is 1. The molecule has 1 aliphatic carbocycles. The minimum Gasteiger partial charge on any atom is -0.481 e. The fraction of sp³-hybridized carbons (Fsp3) is 0.421. The van der Waals surface area contributed by atoms with E-state index in [1.165, 1.54) is 29.8 Å². The molecule has 0 aromatic heterocycles. The minimum atomic E-state index is -4.63. The molecule has 0 fully saturated rings. The summed E-state index contributed by atoms with van der Waals surface area (Å²) in [4.78, 5) is 11.1. The van der Waals surface area contributed by atoms with Crippen LogP contribution in [0, 0.1) is 5.92 Å². The van der Waals surface area contributed by atoms with E-state index in [0.717, 1.165) is 6.42 Å². The Bertz CT molecular complexity index is 719. The van der Waals surface area contributed by atoms with Crippen LogP contribution in [0.5, 0.6) is 5.75 Å². The Morgan fingerprint density at radius 3 is 2.54 bits per heavy atom. The second-order valence-electron chi connectivity index (χ2n) is 6.35. The van der Waals surface area contributed by atoms with Gasteiger partial charge in [-0.15, -0.1) is 25.8 Å². The number of fused-ring (bicyclic) bond motifs is 1. The maximum Gasteiger partial charge on any atom is 0.573 e. The predicted molar refractivity (Wildman–Crippen MR) is 100 cm³/mol. The summed E-state index contributed by atoms with van der Waals surface area (Å²) in [6.45, 7) is 0. The third-order valence-corrected chi connectivity index (χ3v) is 4.69. The summed E-state index contributed by atoms with van der Waals surface area (Å²) in [6, 6.07) is 5.58. The molecule has 154 valence electrons. The first-order valence-corrected chi connectivity index (χ1v) is 9.05. The van der Waals surface area contributed by atoms with Crippen LogP contribution in [0.15, 0.2) is 53.1 Å². The molecule has 5 nitrogen and oxygen atoms in total. The highest BCUT2D eigenvalue weighted by molar-refractivity contribution is 7.80. The quantitative estimate of drug-likeness (QED) is 0.496. The van der Waals surface area contributed by atoms with Crippen molar-refractivity contribution in [2.45, 2.75) is 42.7 Å². The molecule has 3 rings (SSSR count). The molecule has 2 N–H and O–H groups in total. The van der Waals surface area contributed by atoms with Gasteiger partial charge in [0.05, 0.1) is 12.1 Å². The molecule has 2 aliphatic rings. The number of aliphatic carboxylic acids is 1. The normalized spacial score (nSPS) is 23.0. The van der Waals surface area contributed by atoms with Crippen LogP contribution in [0.1, 0.15) is 19.3 Å². The molecular weight excluding hydrogens is 395 g/mol. The molecule has 1 aromatic rings. The van der Waals surface area contributed by atoms with Crippen molar-refractivity contribution in [3.8, 4) is 5.75 Å². The zero-order chi connectivity index (χ0) is 20.7. The van der Waals surface area contributed by atoms with Crippen LogP contribution in [-0.4, -0.2) is 36.7 Å². The van der Waals surface area contributed by atoms with Gasteiger partial charge in [0.25, 0.3) is 0 Å². The Balaban J connectivity index is 0.000000209. The fourth-order valence-electron chi connectivity index (χ4n) is 3.05. The smallest absolute Gasteiger partial charge is 0.481 e. The topological polar surface area (TPSA) is 67.8 Å². The summed E-state index contributed by atoms with van der Waals surface area (Å²) < 4.78 is 43.7. The highest BCUT2D eigenvalue weighted by Gasteiger charge is 2.32. The van der Waals surface area contributed by atoms with Gasteiger partial charge in [0, 0.05) is 24.3 Å². The summed E-state index contributed by atoms with van der Waals surface area (Å²) in [5.41, 5.74) is 1.21. The third-order valence-electron chi connectivity index (χ3n) is 4.39. The molecule has 1 aromatic carbocycles. The number of hydrogen-bond donors (Lipinski definition) is 3. The van der Waals surface area contributed by atoms with E-state index in [0.29, 0.717) is 23.3 Å². The molecule has 9 heteroatoms. The largest absolute Gasteiger partial charge is 0.573 e. The number of methoxy groups -OCH3 is 1. The van der Waals surface area contributed by atoms with Crippen LogP contribution < -0.4 is 10.1 Å². The molecule has 3 unspecified atom stereocenters. The van der Waals surface area contributed by atoms with E-state index >= 15 is 0 Å². The van der Waals surface area contributed by atoms with Gasteiger partial charge in [-0.2, -0.15) is 0 Å². The number of carbonyl (C=O) groups is 1. The first-order valence-electron chi connectivity index (χ1n) is 8.60. The summed E-state index contributed by atoms with van der Waals surface area (Å²) in [6.07, 6.45) is 3.48. The summed E-state index contributed by atoms with van der Waals surface area (Å²) in [5.74, 6) is -0.575. The van der Waals surface area contributed by atoms with Crippen molar-refractivity contribution in [1.29, 1.82) is 0 Å². The zero-order valence-electron chi connectivity index (χ0n) is 15.1. The molecule has 0 saturated carbocycles. The highest BCUT2D eigenvalue weighted by atomic mass is 32.1. The zero-order valence-corrected chi connectivity index (χ0v) is 16.0. The van der Waals surface area contributed by atoms with Gasteiger partial charge in [0.1, 0.15) is 5.75 Å². The van der Waals surface area contributed by atoms with Gasteiger partial charge in [-0.3, -0.25) is 4.79 Å². The van der Waals surface area contributed by atoms with Gasteiger partial charge in [-0.25, -0.2) is 0 Å². The van der Waals surface area contributed by atoms with Gasteiger partial charge >= 0.3 is 12.3 Å². The van der Waals surface area contributed by atoms with Crippen molar-refractivity contribution in [2.24, 2.45) is 5.92 Å². The van der Waals surface area contributed by atoms with Crippen LogP contribution in [0.25, 0.3) is 0 Å². The first kappa shape index (κ1) is 22.2. The van der Waals surface area contributed by atoms with Crippen molar-refractivity contribution < 1.29 is 32.5 Å². The summed E-state index contributed by atoms with van der Waals surface area (Å²) >= 11 is 3.91. The molecule has 0 radical (unpaired) electrons. The maximum atomic E-state index is 11.6. The summed E-state index contributed by atoms with van der Waals surface area (Å²) in [5, 5.41) is 12.0. The molecule has 0 bridgehead atoms. The van der Waals surface area contributed by atoms with Crippen molar-refractivity contribution in [3.05, 3.63) is 48.2 Å². The van der Waals surface area contributed by atoms with Crippen molar-refractivity contribution >= 4 is 18.6 Å². The minimum absolute atomic E-state index is 0.161. The predicted octanol–water partition coefficient (Wildman–Crippen LogP) is 4.17. The molecule has 1 heterocycles. The van der Waals surface area contributed by atoms with Crippen LogP contribution in [0.4, 0.5) is 13.2 Å². The number of ether oxygens (including phenoxy) is 2. The maximum absolute atomic E-state index is 11.6. The van der Waals surface area contributed by atoms with Crippen LogP contribution in [0.3, 0.4) is 0 Å². The molecule has 3 atom stereocenters. The van der Waals surface area contributed by atoms with E-state index in [9.17, 15) is 18.0 Å². The van der Waals surface area contributed by atoms with Crippen LogP contribution in [0.2, 0.25) is 0 Å². The Hall–Kier alpha value is -2.13. The number of halogens is 3. The lowest BCUT2D eigenvalue weighted by atomic mass is 9.83. The molecule has 28 heavy (non-hydrogen) atoms. The Morgan fingerprint density at radius 2 is 1.96 bits per heavy atom. The van der Waals surface area contributed by atoms with Gasteiger partial charge in [0.15, 0.2) is 0 Å². The monoisotopic (exact) mass is 417 g/mol. The standard InChI is InChI=1S/C12H17NO3.C7H5F3OS/c1-16-9-3-4-11-10(6-9)8(7-13-11)2-5-12(14)15;8-7(9,10)11-5-1-3-6(12)4-2-5/h3-4,7,9-11,13H,2,5-6H2,1H3,(H,14,15);1-4,12H. The first-order chi connectivity index (χ1) is 13.2. The van der Waals surface area contributed by atoms with Gasteiger partial charge in [-0.1, -0.05) is 12.2 Å². The molecule has 0 saturated heterocycles. The molecule has 1 aliphatic heterocycles. The SMILES string of the molecule is COC1C=CC2NC=C(CCC(=O)O)C2C1.FC(F)(F)Oc1ccc(S)cc1. The van der Waals surface area contributed by atoms with Gasteiger partial charge in [-0.05, 0) is 48.9 Å². The molecular formula is C19H22F3NO4S. The van der Waals surface area contributed by atoms with E-state index in [-0.39, 0.29) is 18.3 Å². The van der Waals surface area contributed by atoms with Gasteiger partial charge in [0.2, 0.25) is 0 Å². The number of benzene rings is 1. The Labute approximate surface area is 166 Å². The number of carboxylic acids is 1. The average Bonchev–Trinajstić information content (AvgIpc) is 3.03. The highest BCUT2D eigenvalue weighted by Crippen LogP contribution is 2.33. The lowest BCUT2D eigenvalue weighted by molar-refractivity contribution is -0.274. The van der Waals surface area contributed by atoms with Crippen LogP contribution >= 0.6 is 12.6 Å². The van der Waals surface area contributed by atoms with E-state index in [1.54, 1.807) is 7.11 Å². The van der Waals surface area contributed by atoms with Gasteiger partial charge < -0.3 is 19.9 Å². The number of thiol groups is 1. The lowest BCUT2D eigenvalue weighted by Gasteiger charge is -2.27. The summed E-state index contributed by atoms with van der Waals surface area (Å²) in [7, 11) is 1.71. The third kappa shape index (κ3) is 7.12. The van der Waals surface area contributed by atoms with E-state index in [4.69, 9.17) is 9.84 Å².